The summed E-state index contributed by atoms with van der Waals surface area (Å²) in [6, 6.07) is 1.28. The highest BCUT2D eigenvalue weighted by Gasteiger charge is 2.27. The minimum atomic E-state index is 0.634. The molecular formula is C17H29N3. The molecule has 3 rings (SSSR count). The summed E-state index contributed by atoms with van der Waals surface area (Å²) >= 11 is 0. The summed E-state index contributed by atoms with van der Waals surface area (Å²) in [5.74, 6) is 2.10. The summed E-state index contributed by atoms with van der Waals surface area (Å²) < 4.78 is 2.43. The van der Waals surface area contributed by atoms with E-state index in [4.69, 9.17) is 4.98 Å². The molecule has 2 saturated carbocycles. The Labute approximate surface area is 123 Å². The van der Waals surface area contributed by atoms with Crippen LogP contribution in [0, 0.1) is 12.8 Å². The maximum atomic E-state index is 4.75. The van der Waals surface area contributed by atoms with Crippen LogP contribution in [-0.4, -0.2) is 15.6 Å². The van der Waals surface area contributed by atoms with Crippen LogP contribution in [0.4, 0.5) is 5.95 Å². The Morgan fingerprint density at radius 2 is 2.00 bits per heavy atom. The number of imidazole rings is 1. The van der Waals surface area contributed by atoms with Gasteiger partial charge in [-0.2, -0.15) is 0 Å². The van der Waals surface area contributed by atoms with E-state index >= 15 is 0 Å². The van der Waals surface area contributed by atoms with E-state index in [0.717, 1.165) is 17.6 Å². The first-order valence-electron chi connectivity index (χ1n) is 8.58. The Morgan fingerprint density at radius 1 is 1.25 bits per heavy atom. The SMILES string of the molecule is CCC(CC1CC1)n1cc(C)nc1NC1CCCCC1. The van der Waals surface area contributed by atoms with Crippen molar-refractivity contribution in [2.24, 2.45) is 5.92 Å². The maximum absolute atomic E-state index is 4.75. The number of hydrogen-bond donors (Lipinski definition) is 1. The zero-order chi connectivity index (χ0) is 13.9. The number of aryl methyl sites for hydroxylation is 1. The zero-order valence-corrected chi connectivity index (χ0v) is 13.1. The van der Waals surface area contributed by atoms with Gasteiger partial charge in [-0.25, -0.2) is 4.98 Å². The van der Waals surface area contributed by atoms with Gasteiger partial charge in [-0.05, 0) is 38.5 Å². The minimum Gasteiger partial charge on any atom is -0.353 e. The molecule has 0 radical (unpaired) electrons. The van der Waals surface area contributed by atoms with Crippen molar-refractivity contribution in [3.8, 4) is 0 Å². The summed E-state index contributed by atoms with van der Waals surface area (Å²) in [6.45, 7) is 4.43. The van der Waals surface area contributed by atoms with Gasteiger partial charge in [0.1, 0.15) is 0 Å². The number of hydrogen-bond acceptors (Lipinski definition) is 2. The molecule has 1 aromatic heterocycles. The van der Waals surface area contributed by atoms with Gasteiger partial charge in [0.15, 0.2) is 0 Å². The molecule has 0 aliphatic heterocycles. The summed E-state index contributed by atoms with van der Waals surface area (Å²) in [5.41, 5.74) is 1.15. The lowest BCUT2D eigenvalue weighted by Gasteiger charge is -2.26. The van der Waals surface area contributed by atoms with Crippen LogP contribution in [-0.2, 0) is 0 Å². The smallest absolute Gasteiger partial charge is 0.203 e. The first kappa shape index (κ1) is 14.0. The Kier molecular flexibility index (Phi) is 4.32. The van der Waals surface area contributed by atoms with E-state index < -0.39 is 0 Å². The van der Waals surface area contributed by atoms with E-state index in [1.54, 1.807) is 0 Å². The fourth-order valence-corrected chi connectivity index (χ4v) is 3.55. The molecular weight excluding hydrogens is 246 g/mol. The van der Waals surface area contributed by atoms with Crippen molar-refractivity contribution in [2.75, 3.05) is 5.32 Å². The van der Waals surface area contributed by atoms with Crippen molar-refractivity contribution in [1.29, 1.82) is 0 Å². The fraction of sp³-hybridized carbons (Fsp3) is 0.824. The molecule has 1 aromatic rings. The molecule has 0 saturated heterocycles. The van der Waals surface area contributed by atoms with Crippen LogP contribution in [0.1, 0.15) is 76.4 Å². The molecule has 0 bridgehead atoms. The van der Waals surface area contributed by atoms with Crippen LogP contribution in [0.5, 0.6) is 0 Å². The highest BCUT2D eigenvalue weighted by molar-refractivity contribution is 5.31. The molecule has 1 unspecified atom stereocenters. The van der Waals surface area contributed by atoms with Gasteiger partial charge in [0.05, 0.1) is 5.69 Å². The fourth-order valence-electron chi connectivity index (χ4n) is 3.55. The number of nitrogens with zero attached hydrogens (tertiary/aromatic N) is 2. The average molecular weight is 275 g/mol. The first-order valence-corrected chi connectivity index (χ1v) is 8.58. The second-order valence-corrected chi connectivity index (χ2v) is 6.83. The van der Waals surface area contributed by atoms with Crippen LogP contribution >= 0.6 is 0 Å². The quantitative estimate of drug-likeness (QED) is 0.816. The highest BCUT2D eigenvalue weighted by atomic mass is 15.2. The molecule has 112 valence electrons. The molecule has 2 fully saturated rings. The van der Waals surface area contributed by atoms with Gasteiger partial charge in [-0.15, -0.1) is 0 Å². The molecule has 0 spiro atoms. The molecule has 2 aliphatic carbocycles. The molecule has 3 heteroatoms. The van der Waals surface area contributed by atoms with E-state index in [0.29, 0.717) is 12.1 Å². The standard InChI is InChI=1S/C17H29N3/c1-3-16(11-14-9-10-14)20-12-13(2)18-17(20)19-15-7-5-4-6-8-15/h12,14-16H,3-11H2,1-2H3,(H,18,19). The van der Waals surface area contributed by atoms with Crippen LogP contribution in [0.25, 0.3) is 0 Å². The van der Waals surface area contributed by atoms with Crippen LogP contribution in [0.2, 0.25) is 0 Å². The lowest BCUT2D eigenvalue weighted by molar-refractivity contribution is 0.422. The summed E-state index contributed by atoms with van der Waals surface area (Å²) in [4.78, 5) is 4.75. The first-order chi connectivity index (χ1) is 9.76. The summed E-state index contributed by atoms with van der Waals surface area (Å²) in [7, 11) is 0. The van der Waals surface area contributed by atoms with Crippen LogP contribution in [0.3, 0.4) is 0 Å². The van der Waals surface area contributed by atoms with E-state index in [-0.39, 0.29) is 0 Å². The van der Waals surface area contributed by atoms with Gasteiger partial charge in [-0.1, -0.05) is 39.0 Å². The number of aromatic nitrogens is 2. The van der Waals surface area contributed by atoms with Gasteiger partial charge in [-0.3, -0.25) is 0 Å². The van der Waals surface area contributed by atoms with E-state index in [1.165, 1.54) is 57.8 Å². The number of nitrogens with one attached hydrogen (secondary N) is 1. The van der Waals surface area contributed by atoms with Crippen molar-refractivity contribution < 1.29 is 0 Å². The van der Waals surface area contributed by atoms with Gasteiger partial charge in [0, 0.05) is 18.3 Å². The molecule has 1 atom stereocenters. The largest absolute Gasteiger partial charge is 0.353 e. The van der Waals surface area contributed by atoms with Gasteiger partial charge in [0.25, 0.3) is 0 Å². The Bertz CT molecular complexity index is 427. The van der Waals surface area contributed by atoms with Crippen LogP contribution < -0.4 is 5.32 Å². The second kappa shape index (κ2) is 6.19. The van der Waals surface area contributed by atoms with Gasteiger partial charge >= 0.3 is 0 Å². The lowest BCUT2D eigenvalue weighted by Crippen LogP contribution is -2.25. The third kappa shape index (κ3) is 3.36. The molecule has 3 nitrogen and oxygen atoms in total. The third-order valence-corrected chi connectivity index (χ3v) is 4.96. The molecule has 2 aliphatic rings. The van der Waals surface area contributed by atoms with E-state index in [2.05, 4.69) is 29.9 Å². The number of rotatable bonds is 6. The van der Waals surface area contributed by atoms with Crippen molar-refractivity contribution in [2.45, 2.75) is 83.7 Å². The molecule has 0 aromatic carbocycles. The monoisotopic (exact) mass is 275 g/mol. The maximum Gasteiger partial charge on any atom is 0.203 e. The van der Waals surface area contributed by atoms with Crippen molar-refractivity contribution in [3.05, 3.63) is 11.9 Å². The van der Waals surface area contributed by atoms with E-state index in [9.17, 15) is 0 Å². The molecule has 0 amide bonds. The van der Waals surface area contributed by atoms with Crippen molar-refractivity contribution in [3.63, 3.8) is 0 Å². The van der Waals surface area contributed by atoms with Gasteiger partial charge < -0.3 is 9.88 Å². The molecule has 20 heavy (non-hydrogen) atoms. The average Bonchev–Trinajstić information content (AvgIpc) is 3.21. The van der Waals surface area contributed by atoms with Crippen LogP contribution in [0.15, 0.2) is 6.20 Å². The second-order valence-electron chi connectivity index (χ2n) is 6.83. The normalized spacial score (nSPS) is 21.9. The number of anilines is 1. The summed E-state index contributed by atoms with van der Waals surface area (Å²) in [5, 5.41) is 3.73. The van der Waals surface area contributed by atoms with E-state index in [1.807, 2.05) is 0 Å². The van der Waals surface area contributed by atoms with Crippen molar-refractivity contribution in [1.82, 2.24) is 9.55 Å². The Balaban J connectivity index is 1.71. The van der Waals surface area contributed by atoms with Gasteiger partial charge in [0.2, 0.25) is 5.95 Å². The van der Waals surface area contributed by atoms with Crippen molar-refractivity contribution >= 4 is 5.95 Å². The Morgan fingerprint density at radius 3 is 2.65 bits per heavy atom. The molecule has 1 N–H and O–H groups in total. The Hall–Kier alpha value is -0.990. The third-order valence-electron chi connectivity index (χ3n) is 4.96. The zero-order valence-electron chi connectivity index (χ0n) is 13.1. The molecule has 1 heterocycles. The predicted octanol–water partition coefficient (Wildman–Crippen LogP) is 4.69. The predicted molar refractivity (Wildman–Crippen MR) is 84.1 cm³/mol. The summed E-state index contributed by atoms with van der Waals surface area (Å²) in [6.07, 6.45) is 14.5. The topological polar surface area (TPSA) is 29.9 Å². The lowest BCUT2D eigenvalue weighted by atomic mass is 9.96. The minimum absolute atomic E-state index is 0.634. The highest BCUT2D eigenvalue weighted by Crippen LogP contribution is 2.39.